The van der Waals surface area contributed by atoms with Gasteiger partial charge in [0.25, 0.3) is 15.0 Å². The normalized spacial score (nSPS) is 11.3. The van der Waals surface area contributed by atoms with Crippen LogP contribution in [0.1, 0.15) is 22.8 Å². The molecular formula is C10H11Cl2NO3S. The Morgan fingerprint density at radius 3 is 2.47 bits per heavy atom. The topological polar surface area (TPSA) is 63.2 Å². The van der Waals surface area contributed by atoms with E-state index in [4.69, 9.17) is 22.3 Å². The first-order chi connectivity index (χ1) is 7.77. The minimum atomic E-state index is -3.92. The van der Waals surface area contributed by atoms with Gasteiger partial charge in [0.2, 0.25) is 0 Å². The summed E-state index contributed by atoms with van der Waals surface area (Å²) in [5, 5.41) is 2.72. The van der Waals surface area contributed by atoms with E-state index < -0.39 is 9.05 Å². The summed E-state index contributed by atoms with van der Waals surface area (Å²) in [5.41, 5.74) is 0.494. The lowest BCUT2D eigenvalue weighted by molar-refractivity contribution is 0.0955. The maximum Gasteiger partial charge on any atom is 0.261 e. The van der Waals surface area contributed by atoms with Crippen LogP contribution in [0.4, 0.5) is 0 Å². The molecule has 0 spiro atoms. The number of nitrogens with one attached hydrogen (secondary N) is 1. The second kappa shape index (κ2) is 5.25. The number of hydrogen-bond acceptors (Lipinski definition) is 3. The monoisotopic (exact) mass is 295 g/mol. The standard InChI is InChI=1S/C10H11Cl2NO3S/c1-3-13-10(14)8-4-7(11)5-9(6(8)2)17(12,15)16/h4-5H,3H2,1-2H3,(H,13,14). The lowest BCUT2D eigenvalue weighted by Gasteiger charge is -2.09. The Balaban J connectivity index is 3.44. The molecule has 1 aromatic carbocycles. The zero-order chi connectivity index (χ0) is 13.2. The van der Waals surface area contributed by atoms with Crippen LogP contribution < -0.4 is 5.32 Å². The van der Waals surface area contributed by atoms with Crippen molar-refractivity contribution < 1.29 is 13.2 Å². The van der Waals surface area contributed by atoms with Gasteiger partial charge in [0, 0.05) is 27.8 Å². The predicted octanol–water partition coefficient (Wildman–Crippen LogP) is 2.33. The van der Waals surface area contributed by atoms with Crippen LogP contribution in [0.15, 0.2) is 17.0 Å². The number of carbonyl (C=O) groups excluding carboxylic acids is 1. The Hall–Kier alpha value is -0.780. The van der Waals surface area contributed by atoms with E-state index in [1.54, 1.807) is 6.92 Å². The molecule has 1 N–H and O–H groups in total. The van der Waals surface area contributed by atoms with E-state index in [0.29, 0.717) is 6.54 Å². The van der Waals surface area contributed by atoms with Crippen molar-refractivity contribution in [2.75, 3.05) is 6.54 Å². The van der Waals surface area contributed by atoms with Crippen LogP contribution in [0.3, 0.4) is 0 Å². The Kier molecular flexibility index (Phi) is 4.41. The van der Waals surface area contributed by atoms with Gasteiger partial charge < -0.3 is 5.32 Å². The predicted molar refractivity (Wildman–Crippen MR) is 67.2 cm³/mol. The number of rotatable bonds is 3. The zero-order valence-electron chi connectivity index (χ0n) is 9.25. The fourth-order valence-corrected chi connectivity index (χ4v) is 2.91. The fraction of sp³-hybridized carbons (Fsp3) is 0.300. The highest BCUT2D eigenvalue weighted by Gasteiger charge is 2.20. The molecule has 0 heterocycles. The fourth-order valence-electron chi connectivity index (χ4n) is 1.40. The van der Waals surface area contributed by atoms with E-state index in [1.807, 2.05) is 0 Å². The molecule has 1 aromatic rings. The van der Waals surface area contributed by atoms with Crippen molar-refractivity contribution in [3.8, 4) is 0 Å². The molecule has 1 rings (SSSR count). The van der Waals surface area contributed by atoms with Crippen LogP contribution in [0, 0.1) is 6.92 Å². The highest BCUT2D eigenvalue weighted by Crippen LogP contribution is 2.26. The van der Waals surface area contributed by atoms with Crippen molar-refractivity contribution in [1.29, 1.82) is 0 Å². The molecule has 0 bridgehead atoms. The van der Waals surface area contributed by atoms with Crippen molar-refractivity contribution in [1.82, 2.24) is 5.32 Å². The molecule has 0 unspecified atom stereocenters. The van der Waals surface area contributed by atoms with Crippen LogP contribution in [0.5, 0.6) is 0 Å². The van der Waals surface area contributed by atoms with E-state index in [0.717, 1.165) is 0 Å². The third-order valence-electron chi connectivity index (χ3n) is 2.17. The summed E-state index contributed by atoms with van der Waals surface area (Å²) in [6.07, 6.45) is 0. The first kappa shape index (κ1) is 14.3. The summed E-state index contributed by atoms with van der Waals surface area (Å²) >= 11 is 5.77. The third-order valence-corrected chi connectivity index (χ3v) is 3.84. The molecule has 0 saturated carbocycles. The molecular weight excluding hydrogens is 285 g/mol. The van der Waals surface area contributed by atoms with Gasteiger partial charge in [-0.1, -0.05) is 11.6 Å². The quantitative estimate of drug-likeness (QED) is 0.871. The molecule has 94 valence electrons. The van der Waals surface area contributed by atoms with Crippen LogP contribution in [-0.2, 0) is 9.05 Å². The zero-order valence-corrected chi connectivity index (χ0v) is 11.6. The summed E-state index contributed by atoms with van der Waals surface area (Å²) in [7, 11) is 1.35. The summed E-state index contributed by atoms with van der Waals surface area (Å²) < 4.78 is 22.6. The van der Waals surface area contributed by atoms with Gasteiger partial charge in [-0.05, 0) is 31.5 Å². The van der Waals surface area contributed by atoms with E-state index >= 15 is 0 Å². The van der Waals surface area contributed by atoms with Gasteiger partial charge in [-0.25, -0.2) is 8.42 Å². The minimum absolute atomic E-state index is 0.145. The lowest BCUT2D eigenvalue weighted by atomic mass is 10.1. The molecule has 7 heteroatoms. The molecule has 0 aliphatic heterocycles. The molecule has 0 saturated heterocycles. The SMILES string of the molecule is CCNC(=O)c1cc(Cl)cc(S(=O)(=O)Cl)c1C. The van der Waals surface area contributed by atoms with Crippen molar-refractivity contribution in [2.45, 2.75) is 18.7 Å². The molecule has 0 atom stereocenters. The van der Waals surface area contributed by atoms with E-state index in [9.17, 15) is 13.2 Å². The molecule has 0 aliphatic carbocycles. The second-order valence-corrected chi connectivity index (χ2v) is 6.34. The maximum absolute atomic E-state index is 11.7. The van der Waals surface area contributed by atoms with Gasteiger partial charge >= 0.3 is 0 Å². The highest BCUT2D eigenvalue weighted by molar-refractivity contribution is 8.13. The molecule has 0 aromatic heterocycles. The Morgan fingerprint density at radius 1 is 1.41 bits per heavy atom. The molecule has 4 nitrogen and oxygen atoms in total. The number of benzene rings is 1. The third kappa shape index (κ3) is 3.34. The van der Waals surface area contributed by atoms with Gasteiger partial charge in [0.05, 0.1) is 4.90 Å². The number of hydrogen-bond donors (Lipinski definition) is 1. The van der Waals surface area contributed by atoms with E-state index in [1.165, 1.54) is 19.1 Å². The first-order valence-electron chi connectivity index (χ1n) is 4.80. The largest absolute Gasteiger partial charge is 0.352 e. The Labute approximate surface area is 109 Å². The van der Waals surface area contributed by atoms with Gasteiger partial charge in [-0.15, -0.1) is 0 Å². The van der Waals surface area contributed by atoms with Gasteiger partial charge in [-0.2, -0.15) is 0 Å². The molecule has 0 aliphatic rings. The van der Waals surface area contributed by atoms with Crippen molar-refractivity contribution >= 4 is 37.2 Å². The number of carbonyl (C=O) groups is 1. The highest BCUT2D eigenvalue weighted by atomic mass is 35.7. The number of amides is 1. The summed E-state index contributed by atoms with van der Waals surface area (Å²) in [6.45, 7) is 3.71. The van der Waals surface area contributed by atoms with Crippen molar-refractivity contribution in [3.05, 3.63) is 28.3 Å². The lowest BCUT2D eigenvalue weighted by Crippen LogP contribution is -2.24. The maximum atomic E-state index is 11.7. The van der Waals surface area contributed by atoms with Crippen LogP contribution >= 0.6 is 22.3 Å². The molecule has 0 fully saturated rings. The summed E-state index contributed by atoms with van der Waals surface area (Å²) in [4.78, 5) is 11.5. The smallest absolute Gasteiger partial charge is 0.261 e. The molecule has 0 radical (unpaired) electrons. The first-order valence-corrected chi connectivity index (χ1v) is 7.49. The van der Waals surface area contributed by atoms with E-state index in [2.05, 4.69) is 5.32 Å². The number of halogens is 2. The molecule has 17 heavy (non-hydrogen) atoms. The van der Waals surface area contributed by atoms with Crippen molar-refractivity contribution in [3.63, 3.8) is 0 Å². The van der Waals surface area contributed by atoms with Crippen LogP contribution in [-0.4, -0.2) is 20.9 Å². The van der Waals surface area contributed by atoms with Crippen molar-refractivity contribution in [2.24, 2.45) is 0 Å². The Morgan fingerprint density at radius 2 is 2.00 bits per heavy atom. The van der Waals surface area contributed by atoms with Crippen LogP contribution in [0.25, 0.3) is 0 Å². The van der Waals surface area contributed by atoms with Gasteiger partial charge in [0.1, 0.15) is 0 Å². The van der Waals surface area contributed by atoms with Crippen LogP contribution in [0.2, 0.25) is 5.02 Å². The average Bonchev–Trinajstić information content (AvgIpc) is 2.19. The summed E-state index contributed by atoms with van der Waals surface area (Å²) in [6, 6.07) is 2.63. The second-order valence-electron chi connectivity index (χ2n) is 3.37. The summed E-state index contributed by atoms with van der Waals surface area (Å²) in [5.74, 6) is -0.380. The minimum Gasteiger partial charge on any atom is -0.352 e. The van der Waals surface area contributed by atoms with E-state index in [-0.39, 0.29) is 27.0 Å². The van der Waals surface area contributed by atoms with Gasteiger partial charge in [-0.3, -0.25) is 4.79 Å². The average molecular weight is 296 g/mol. The Bertz CT molecular complexity index is 555. The molecule has 1 amide bonds. The van der Waals surface area contributed by atoms with Gasteiger partial charge in [0.15, 0.2) is 0 Å².